The first-order valence-corrected chi connectivity index (χ1v) is 6.27. The third-order valence-corrected chi connectivity index (χ3v) is 2.98. The van der Waals surface area contributed by atoms with Gasteiger partial charge in [-0.3, -0.25) is 9.69 Å². The summed E-state index contributed by atoms with van der Waals surface area (Å²) in [6.45, 7) is 5.07. The number of hydrogen-bond donors (Lipinski definition) is 1. The monoisotopic (exact) mass is 252 g/mol. The van der Waals surface area contributed by atoms with Gasteiger partial charge in [0.15, 0.2) is 0 Å². The van der Waals surface area contributed by atoms with Crippen LogP contribution in [0.2, 0.25) is 0 Å². The lowest BCUT2D eigenvalue weighted by Gasteiger charge is -2.24. The van der Waals surface area contributed by atoms with E-state index in [1.165, 1.54) is 12.1 Å². The average molecular weight is 252 g/mol. The molecule has 0 heterocycles. The fraction of sp³-hybridized carbons (Fsp3) is 0.500. The molecule has 1 unspecified atom stereocenters. The van der Waals surface area contributed by atoms with Crippen molar-refractivity contribution >= 4 is 5.91 Å². The minimum Gasteiger partial charge on any atom is -0.355 e. The van der Waals surface area contributed by atoms with E-state index in [0.717, 1.165) is 12.0 Å². The SMILES string of the molecule is CCCNC(=O)CN(C)C(C)c1ccc(F)cc1. The number of halogens is 1. The molecule has 0 saturated heterocycles. The minimum atomic E-state index is -0.241. The van der Waals surface area contributed by atoms with E-state index in [0.29, 0.717) is 13.1 Å². The van der Waals surface area contributed by atoms with Crippen molar-refractivity contribution in [2.24, 2.45) is 0 Å². The highest BCUT2D eigenvalue weighted by Gasteiger charge is 2.14. The molecule has 3 nitrogen and oxygen atoms in total. The summed E-state index contributed by atoms with van der Waals surface area (Å²) in [5.74, 6) is -0.220. The molecule has 1 aromatic carbocycles. The Morgan fingerprint density at radius 3 is 2.56 bits per heavy atom. The normalized spacial score (nSPS) is 12.5. The van der Waals surface area contributed by atoms with E-state index in [-0.39, 0.29) is 17.8 Å². The fourth-order valence-corrected chi connectivity index (χ4v) is 1.68. The summed E-state index contributed by atoms with van der Waals surface area (Å²) >= 11 is 0. The second-order valence-corrected chi connectivity index (χ2v) is 4.49. The highest BCUT2D eigenvalue weighted by molar-refractivity contribution is 5.77. The van der Waals surface area contributed by atoms with Gasteiger partial charge >= 0.3 is 0 Å². The first kappa shape index (κ1) is 14.6. The zero-order valence-electron chi connectivity index (χ0n) is 11.2. The van der Waals surface area contributed by atoms with E-state index in [1.807, 2.05) is 25.8 Å². The summed E-state index contributed by atoms with van der Waals surface area (Å²) in [5, 5.41) is 2.84. The van der Waals surface area contributed by atoms with Crippen LogP contribution in [-0.4, -0.2) is 30.9 Å². The average Bonchev–Trinajstić information content (AvgIpc) is 2.36. The number of hydrogen-bond acceptors (Lipinski definition) is 2. The topological polar surface area (TPSA) is 32.3 Å². The summed E-state index contributed by atoms with van der Waals surface area (Å²) in [4.78, 5) is 13.5. The minimum absolute atomic E-state index is 0.0216. The molecule has 1 N–H and O–H groups in total. The molecule has 0 spiro atoms. The Kier molecular flexibility index (Phi) is 5.78. The van der Waals surface area contributed by atoms with Crippen LogP contribution in [0.3, 0.4) is 0 Å². The first-order valence-electron chi connectivity index (χ1n) is 6.27. The summed E-state index contributed by atoms with van der Waals surface area (Å²) in [6, 6.07) is 6.46. The van der Waals surface area contributed by atoms with Crippen molar-refractivity contribution in [1.29, 1.82) is 0 Å². The van der Waals surface area contributed by atoms with E-state index >= 15 is 0 Å². The van der Waals surface area contributed by atoms with Crippen molar-refractivity contribution < 1.29 is 9.18 Å². The Morgan fingerprint density at radius 1 is 1.39 bits per heavy atom. The highest BCUT2D eigenvalue weighted by atomic mass is 19.1. The molecular formula is C14H21FN2O. The van der Waals surface area contributed by atoms with Gasteiger partial charge in [0.25, 0.3) is 0 Å². The molecule has 0 aliphatic rings. The predicted molar refractivity (Wildman–Crippen MR) is 70.7 cm³/mol. The van der Waals surface area contributed by atoms with Gasteiger partial charge < -0.3 is 5.32 Å². The van der Waals surface area contributed by atoms with E-state index in [4.69, 9.17) is 0 Å². The molecule has 0 radical (unpaired) electrons. The maximum absolute atomic E-state index is 12.8. The van der Waals surface area contributed by atoms with Crippen LogP contribution in [0.1, 0.15) is 31.9 Å². The molecule has 4 heteroatoms. The summed E-state index contributed by atoms with van der Waals surface area (Å²) in [5.41, 5.74) is 1.00. The maximum atomic E-state index is 12.8. The van der Waals surface area contributed by atoms with Crippen molar-refractivity contribution in [2.45, 2.75) is 26.3 Å². The zero-order valence-corrected chi connectivity index (χ0v) is 11.2. The quantitative estimate of drug-likeness (QED) is 0.843. The Labute approximate surface area is 108 Å². The van der Waals surface area contributed by atoms with Gasteiger partial charge in [0.05, 0.1) is 6.54 Å². The van der Waals surface area contributed by atoms with Gasteiger partial charge in [-0.25, -0.2) is 4.39 Å². The maximum Gasteiger partial charge on any atom is 0.234 e. The Balaban J connectivity index is 2.53. The van der Waals surface area contributed by atoms with Gasteiger partial charge in [0.1, 0.15) is 5.82 Å². The molecule has 0 saturated carbocycles. The largest absolute Gasteiger partial charge is 0.355 e. The molecule has 1 atom stereocenters. The smallest absolute Gasteiger partial charge is 0.234 e. The first-order chi connectivity index (χ1) is 8.54. The van der Waals surface area contributed by atoms with Crippen LogP contribution in [0.15, 0.2) is 24.3 Å². The van der Waals surface area contributed by atoms with Crippen molar-refractivity contribution in [3.8, 4) is 0 Å². The number of nitrogens with one attached hydrogen (secondary N) is 1. The van der Waals surface area contributed by atoms with Gasteiger partial charge in [-0.15, -0.1) is 0 Å². The Bertz CT molecular complexity index is 378. The van der Waals surface area contributed by atoms with Crippen LogP contribution in [-0.2, 0) is 4.79 Å². The van der Waals surface area contributed by atoms with E-state index in [9.17, 15) is 9.18 Å². The Hall–Kier alpha value is -1.42. The number of rotatable bonds is 6. The molecule has 1 rings (SSSR count). The van der Waals surface area contributed by atoms with Gasteiger partial charge in [0, 0.05) is 12.6 Å². The molecule has 0 fully saturated rings. The van der Waals surface area contributed by atoms with Crippen LogP contribution in [0, 0.1) is 5.82 Å². The van der Waals surface area contributed by atoms with Crippen molar-refractivity contribution in [1.82, 2.24) is 10.2 Å². The number of likely N-dealkylation sites (N-methyl/N-ethyl adjacent to an activating group) is 1. The number of amides is 1. The van der Waals surface area contributed by atoms with Crippen LogP contribution < -0.4 is 5.32 Å². The van der Waals surface area contributed by atoms with Gasteiger partial charge in [-0.1, -0.05) is 19.1 Å². The predicted octanol–water partition coefficient (Wildman–Crippen LogP) is 2.34. The molecular weight excluding hydrogens is 231 g/mol. The van der Waals surface area contributed by atoms with Crippen LogP contribution >= 0.6 is 0 Å². The molecule has 1 amide bonds. The second kappa shape index (κ2) is 7.11. The number of benzene rings is 1. The molecule has 0 aromatic heterocycles. The number of nitrogens with zero attached hydrogens (tertiary/aromatic N) is 1. The molecule has 0 bridgehead atoms. The number of carbonyl (C=O) groups is 1. The second-order valence-electron chi connectivity index (χ2n) is 4.49. The van der Waals surface area contributed by atoms with Crippen molar-refractivity contribution in [3.63, 3.8) is 0 Å². The van der Waals surface area contributed by atoms with E-state index in [2.05, 4.69) is 5.32 Å². The third kappa shape index (κ3) is 4.45. The summed E-state index contributed by atoms with van der Waals surface area (Å²) < 4.78 is 12.8. The van der Waals surface area contributed by atoms with Crippen LogP contribution in [0.4, 0.5) is 4.39 Å². The van der Waals surface area contributed by atoms with Crippen LogP contribution in [0.25, 0.3) is 0 Å². The molecule has 100 valence electrons. The zero-order chi connectivity index (χ0) is 13.5. The number of carbonyl (C=O) groups excluding carboxylic acids is 1. The Morgan fingerprint density at radius 2 is 2.00 bits per heavy atom. The lowest BCUT2D eigenvalue weighted by Crippen LogP contribution is -2.36. The van der Waals surface area contributed by atoms with Crippen molar-refractivity contribution in [3.05, 3.63) is 35.6 Å². The highest BCUT2D eigenvalue weighted by Crippen LogP contribution is 2.18. The molecule has 0 aliphatic heterocycles. The van der Waals surface area contributed by atoms with E-state index < -0.39 is 0 Å². The lowest BCUT2D eigenvalue weighted by molar-refractivity contribution is -0.122. The molecule has 18 heavy (non-hydrogen) atoms. The van der Waals surface area contributed by atoms with Crippen molar-refractivity contribution in [2.75, 3.05) is 20.1 Å². The molecule has 0 aliphatic carbocycles. The van der Waals surface area contributed by atoms with Gasteiger partial charge in [0.2, 0.25) is 5.91 Å². The standard InChI is InChI=1S/C14H21FN2O/c1-4-9-16-14(18)10-17(3)11(2)12-5-7-13(15)8-6-12/h5-8,11H,4,9-10H2,1-3H3,(H,16,18). The van der Waals surface area contributed by atoms with Crippen LogP contribution in [0.5, 0.6) is 0 Å². The van der Waals surface area contributed by atoms with Gasteiger partial charge in [-0.2, -0.15) is 0 Å². The summed E-state index contributed by atoms with van der Waals surface area (Å²) in [6.07, 6.45) is 0.934. The van der Waals surface area contributed by atoms with E-state index in [1.54, 1.807) is 12.1 Å². The third-order valence-electron chi connectivity index (χ3n) is 2.98. The fourth-order valence-electron chi connectivity index (χ4n) is 1.68. The molecule has 1 aromatic rings. The lowest BCUT2D eigenvalue weighted by atomic mass is 10.1. The summed E-state index contributed by atoms with van der Waals surface area (Å²) in [7, 11) is 1.89. The van der Waals surface area contributed by atoms with Gasteiger partial charge in [-0.05, 0) is 38.1 Å².